The largest absolute Gasteiger partial charge is 0.331 e. The van der Waals surface area contributed by atoms with Gasteiger partial charge in [-0.2, -0.15) is 0 Å². The van der Waals surface area contributed by atoms with E-state index < -0.39 is 29.4 Å². The van der Waals surface area contributed by atoms with Crippen LogP contribution in [0.2, 0.25) is 58.9 Å². The van der Waals surface area contributed by atoms with E-state index in [1.165, 1.54) is 31.3 Å². The van der Waals surface area contributed by atoms with Gasteiger partial charge in [-0.1, -0.05) is 105 Å². The van der Waals surface area contributed by atoms with Crippen molar-refractivity contribution in [1.29, 1.82) is 0 Å². The van der Waals surface area contributed by atoms with Crippen LogP contribution in [0.5, 0.6) is 0 Å². The quantitative estimate of drug-likeness (QED) is 0.157. The fourth-order valence-corrected chi connectivity index (χ4v) is 102. The molecule has 1 unspecified atom stereocenters. The van der Waals surface area contributed by atoms with E-state index in [2.05, 4.69) is 90.3 Å². The Kier molecular flexibility index (Phi) is 8.45. The second-order valence-electron chi connectivity index (χ2n) is 12.5. The predicted octanol–water partition coefficient (Wildman–Crippen LogP) is 6.60. The molecule has 1 atom stereocenters. The number of nitrogens with zero attached hydrogens (tertiary/aromatic N) is 1. The highest BCUT2D eigenvalue weighted by atomic mass is 29.9. The van der Waals surface area contributed by atoms with Gasteiger partial charge in [-0.25, -0.2) is 0 Å². The first-order valence-electron chi connectivity index (χ1n) is 11.5. The van der Waals surface area contributed by atoms with Gasteiger partial charge in [-0.15, -0.1) is 0 Å². The molecule has 1 aliphatic rings. The van der Waals surface area contributed by atoms with E-state index in [0.717, 1.165) is 6.54 Å². The number of hydrogen-bond acceptors (Lipinski definition) is 1. The second kappa shape index (κ2) is 9.06. The lowest BCUT2D eigenvalue weighted by Crippen LogP contribution is -2.82. The van der Waals surface area contributed by atoms with Crippen LogP contribution in [0.1, 0.15) is 46.5 Å². The van der Waals surface area contributed by atoms with Gasteiger partial charge >= 0.3 is 0 Å². The van der Waals surface area contributed by atoms with E-state index in [4.69, 9.17) is 0 Å². The average molecular weight is 456 g/mol. The molecular weight excluding hydrogens is 407 g/mol. The van der Waals surface area contributed by atoms with Crippen LogP contribution in [-0.2, 0) is 4.79 Å². The van der Waals surface area contributed by atoms with Crippen molar-refractivity contribution in [3.05, 3.63) is 11.3 Å². The molecule has 0 spiro atoms. The summed E-state index contributed by atoms with van der Waals surface area (Å²) >= 11 is 0. The van der Waals surface area contributed by atoms with Crippen molar-refractivity contribution in [3.8, 4) is 0 Å². The number of carbonyl (C=O) groups is 1. The van der Waals surface area contributed by atoms with Crippen molar-refractivity contribution >= 4 is 35.3 Å². The molecule has 1 heterocycles. The van der Waals surface area contributed by atoms with Crippen molar-refractivity contribution in [1.82, 2.24) is 4.90 Å². The number of rotatable bonds is 10. The van der Waals surface area contributed by atoms with Gasteiger partial charge in [0.25, 0.3) is 5.91 Å². The Hall–Kier alpha value is 0.0775. The highest BCUT2D eigenvalue weighted by Crippen LogP contribution is 2.42. The molecule has 0 bridgehead atoms. The van der Waals surface area contributed by atoms with Gasteiger partial charge in [-0.3, -0.25) is 4.79 Å². The van der Waals surface area contributed by atoms with Gasteiger partial charge in [0.1, 0.15) is 0 Å². The highest BCUT2D eigenvalue weighted by Gasteiger charge is 2.61. The van der Waals surface area contributed by atoms with Crippen molar-refractivity contribution < 1.29 is 4.79 Å². The smallest absolute Gasteiger partial charge is 0.251 e. The van der Waals surface area contributed by atoms with Crippen molar-refractivity contribution in [2.24, 2.45) is 5.92 Å². The summed E-state index contributed by atoms with van der Waals surface area (Å²) in [5, 5.41) is 0. The third kappa shape index (κ3) is 5.03. The normalized spacial score (nSPS) is 20.9. The number of carbonyl (C=O) groups excluding carboxylic acids is 1. The molecule has 164 valence electrons. The molecule has 0 saturated carbocycles. The minimum atomic E-state index is -1.63. The summed E-state index contributed by atoms with van der Waals surface area (Å²) in [6.45, 7) is 29.6. The molecule has 0 aromatic carbocycles. The maximum atomic E-state index is 13.3. The molecule has 0 aliphatic carbocycles. The molecular formula is C22H49NOSi4. The molecule has 28 heavy (non-hydrogen) atoms. The second-order valence-corrected chi connectivity index (χ2v) is 53.0. The molecule has 1 amide bonds. The molecule has 1 fully saturated rings. The fraction of sp³-hybridized carbons (Fsp3) is 0.864. The Bertz CT molecular complexity index is 543. The van der Waals surface area contributed by atoms with Gasteiger partial charge < -0.3 is 4.90 Å². The lowest BCUT2D eigenvalue weighted by atomic mass is 9.90. The summed E-state index contributed by atoms with van der Waals surface area (Å²) in [5.41, 5.74) is 4.00. The molecule has 6 heteroatoms. The van der Waals surface area contributed by atoms with E-state index >= 15 is 0 Å². The van der Waals surface area contributed by atoms with Gasteiger partial charge in [0, 0.05) is 34.9 Å². The number of amides is 1. The SMILES string of the molecule is CCCCCC1/C(=C/[Si]([Si](C)(C)C)([Si](C)(C)C)[Si](C)(C)C)C(=O)N1CC(C)C. The summed E-state index contributed by atoms with van der Waals surface area (Å²) in [6.07, 6.45) is 4.96. The first-order valence-corrected chi connectivity index (χ1v) is 27.1. The first-order chi connectivity index (χ1) is 12.5. The Morgan fingerprint density at radius 3 is 1.71 bits per heavy atom. The number of likely N-dealkylation sites (tertiary alicyclic amines) is 1. The molecule has 0 radical (unpaired) electrons. The fourth-order valence-electron chi connectivity index (χ4n) is 6.47. The maximum Gasteiger partial charge on any atom is 0.251 e. The van der Waals surface area contributed by atoms with Crippen molar-refractivity contribution in [3.63, 3.8) is 0 Å². The number of β-lactam (4-membered cyclic amide) rings is 1. The lowest BCUT2D eigenvalue weighted by Gasteiger charge is -2.57. The van der Waals surface area contributed by atoms with Crippen molar-refractivity contribution in [2.75, 3.05) is 6.54 Å². The minimum absolute atomic E-state index is 0.377. The maximum absolute atomic E-state index is 13.3. The third-order valence-electron chi connectivity index (χ3n) is 6.81. The lowest BCUT2D eigenvalue weighted by molar-refractivity contribution is -0.137. The Labute approximate surface area is 180 Å². The molecule has 0 N–H and O–H groups in total. The Morgan fingerprint density at radius 2 is 1.36 bits per heavy atom. The Balaban J connectivity index is 3.51. The zero-order chi connectivity index (χ0) is 22.1. The van der Waals surface area contributed by atoms with Gasteiger partial charge in [0.2, 0.25) is 0 Å². The average Bonchev–Trinajstić information content (AvgIpc) is 2.47. The van der Waals surface area contributed by atoms with Gasteiger partial charge in [0.15, 0.2) is 0 Å². The number of unbranched alkanes of at least 4 members (excludes halogenated alkanes) is 2. The molecule has 2 nitrogen and oxygen atoms in total. The molecule has 0 aromatic rings. The van der Waals surface area contributed by atoms with Crippen LogP contribution in [0.4, 0.5) is 0 Å². The van der Waals surface area contributed by atoms with Crippen molar-refractivity contribution in [2.45, 2.75) is 111 Å². The molecule has 1 rings (SSSR count). The van der Waals surface area contributed by atoms with Crippen LogP contribution in [0.25, 0.3) is 0 Å². The monoisotopic (exact) mass is 455 g/mol. The Morgan fingerprint density at radius 1 is 0.893 bits per heavy atom. The van der Waals surface area contributed by atoms with Crippen LogP contribution >= 0.6 is 0 Å². The van der Waals surface area contributed by atoms with Crippen LogP contribution < -0.4 is 0 Å². The van der Waals surface area contributed by atoms with E-state index in [1.54, 1.807) is 0 Å². The standard InChI is InChI=1S/C22H49NOSi4/c1-13-14-15-16-21-20(22(24)23(21)17-19(2)3)18-28(25(4,5)6,26(7,8)9)27(10,11)12/h18-19,21H,13-17H2,1-12H3/b20-18-. The van der Waals surface area contributed by atoms with E-state index in [9.17, 15) is 4.79 Å². The summed E-state index contributed by atoms with van der Waals surface area (Å²) in [4.78, 5) is 15.5. The molecule has 1 saturated heterocycles. The predicted molar refractivity (Wildman–Crippen MR) is 138 cm³/mol. The minimum Gasteiger partial charge on any atom is -0.331 e. The van der Waals surface area contributed by atoms with Crippen LogP contribution in [0.3, 0.4) is 0 Å². The van der Waals surface area contributed by atoms with E-state index in [0.29, 0.717) is 17.9 Å². The van der Waals surface area contributed by atoms with Gasteiger partial charge in [0.05, 0.1) is 12.7 Å². The summed E-state index contributed by atoms with van der Waals surface area (Å²) < 4.78 is 0. The van der Waals surface area contributed by atoms with E-state index in [1.807, 2.05) is 0 Å². The van der Waals surface area contributed by atoms with Crippen LogP contribution in [0.15, 0.2) is 11.3 Å². The molecule has 0 aromatic heterocycles. The summed E-state index contributed by atoms with van der Waals surface area (Å²) in [6, 6.07) is 0.400. The summed E-state index contributed by atoms with van der Waals surface area (Å²) in [5.74, 6) is 0.925. The zero-order valence-electron chi connectivity index (χ0n) is 21.1. The number of hydrogen-bond donors (Lipinski definition) is 0. The van der Waals surface area contributed by atoms with Gasteiger partial charge in [-0.05, 0) is 12.3 Å². The zero-order valence-corrected chi connectivity index (χ0v) is 25.1. The van der Waals surface area contributed by atoms with E-state index in [-0.39, 0.29) is 0 Å². The first kappa shape index (κ1) is 26.1. The highest BCUT2D eigenvalue weighted by molar-refractivity contribution is 7.90. The van der Waals surface area contributed by atoms with Crippen LogP contribution in [0, 0.1) is 5.92 Å². The third-order valence-corrected chi connectivity index (χ3v) is 77.7. The van der Waals surface area contributed by atoms with Crippen LogP contribution in [-0.4, -0.2) is 52.8 Å². The summed E-state index contributed by atoms with van der Waals surface area (Å²) in [7, 11) is -4.17. The topological polar surface area (TPSA) is 20.3 Å². The molecule has 1 aliphatic heterocycles.